The Morgan fingerprint density at radius 3 is 2.24 bits per heavy atom. The van der Waals surface area contributed by atoms with E-state index >= 15 is 0 Å². The number of nitrogens with one attached hydrogen (secondary N) is 2. The molecule has 0 radical (unpaired) electrons. The number of hydrogen-bond donors (Lipinski definition) is 7. The highest BCUT2D eigenvalue weighted by atomic mass is 35.5. The number of aliphatic hydroxyl groups is 2. The minimum Gasteiger partial charge on any atom is -0.508 e. The Balaban J connectivity index is 0.00000400. The van der Waals surface area contributed by atoms with Crippen LogP contribution in [0.1, 0.15) is 49.3 Å². The number of carbonyl (C=O) groups is 1. The van der Waals surface area contributed by atoms with Crippen LogP contribution in [0, 0.1) is 0 Å². The summed E-state index contributed by atoms with van der Waals surface area (Å²) < 4.78 is 1.76. The molecule has 14 heteroatoms. The number of amides is 1. The van der Waals surface area contributed by atoms with Crippen molar-refractivity contribution in [3.8, 4) is 11.5 Å². The number of phenolic OH excluding ortho intramolecular Hbond substituents is 2. The van der Waals surface area contributed by atoms with Gasteiger partial charge in [0.05, 0.1) is 18.4 Å². The minimum absolute atomic E-state index is 0. The van der Waals surface area contributed by atoms with E-state index in [4.69, 9.17) is 15.7 Å². The number of carbonyl (C=O) groups excluding carboxylic acids is 1. The van der Waals surface area contributed by atoms with E-state index in [-0.39, 0.29) is 48.2 Å². The quantitative estimate of drug-likeness (QED) is 0.142. The first kappa shape index (κ1) is 32.2. The number of aromatic hydroxyl groups is 2. The Morgan fingerprint density at radius 2 is 1.67 bits per heavy atom. The average Bonchev–Trinajstić information content (AvgIpc) is 3.72. The first-order valence-electron chi connectivity index (χ1n) is 14.9. The van der Waals surface area contributed by atoms with Crippen molar-refractivity contribution < 1.29 is 25.2 Å². The molecule has 2 aromatic carbocycles. The largest absolute Gasteiger partial charge is 0.508 e. The number of imidazole rings is 1. The molecule has 4 aromatic rings. The summed E-state index contributed by atoms with van der Waals surface area (Å²) in [5.41, 5.74) is 9.09. The summed E-state index contributed by atoms with van der Waals surface area (Å²) in [5.74, 6) is 0.939. The summed E-state index contributed by atoms with van der Waals surface area (Å²) in [5, 5.41) is 47.8. The highest BCUT2D eigenvalue weighted by Gasteiger charge is 2.44. The summed E-state index contributed by atoms with van der Waals surface area (Å²) in [6.45, 7) is 3.43. The Hall–Kier alpha value is -4.17. The first-order valence-corrected chi connectivity index (χ1v) is 14.9. The van der Waals surface area contributed by atoms with Gasteiger partial charge in [-0.3, -0.25) is 4.79 Å². The maximum absolute atomic E-state index is 12.1. The van der Waals surface area contributed by atoms with E-state index in [1.54, 1.807) is 42.1 Å². The van der Waals surface area contributed by atoms with Crippen molar-refractivity contribution in [2.45, 2.75) is 62.4 Å². The number of fused-ring (bicyclic) bond motifs is 1. The molecular weight excluding hydrogens is 600 g/mol. The Kier molecular flexibility index (Phi) is 9.63. The van der Waals surface area contributed by atoms with Gasteiger partial charge in [0.2, 0.25) is 11.9 Å². The van der Waals surface area contributed by atoms with Crippen LogP contribution in [0.5, 0.6) is 11.5 Å². The molecule has 6 rings (SSSR count). The smallest absolute Gasteiger partial charge is 0.229 e. The number of benzene rings is 2. The van der Waals surface area contributed by atoms with Gasteiger partial charge in [0.25, 0.3) is 0 Å². The van der Waals surface area contributed by atoms with Crippen LogP contribution in [0.25, 0.3) is 11.2 Å². The molecule has 8 N–H and O–H groups in total. The predicted molar refractivity (Wildman–Crippen MR) is 172 cm³/mol. The molecule has 240 valence electrons. The van der Waals surface area contributed by atoms with Crippen molar-refractivity contribution in [3.63, 3.8) is 0 Å². The fourth-order valence-corrected chi connectivity index (χ4v) is 6.16. The number of aromatic nitrogens is 4. The molecule has 1 aliphatic heterocycles. The van der Waals surface area contributed by atoms with Gasteiger partial charge in [0.15, 0.2) is 17.0 Å². The third kappa shape index (κ3) is 6.61. The standard InChI is InChI=1S/C31H38N8O5.ClH/c1-2-25(42)35-23-13-24(28(44)27(23)43)39-16-34-26-29(36-31(37-30(26)39)38-12-11-19(32)15-38)33-14-22(17-3-7-20(40)8-4-17)18-5-9-21(41)10-6-18;/h3-10,16,19,22-24,27-28,40-41,43-44H,2,11-15,32H2,1H3,(H,35,42)(H,33,36,37);1H/t19-,23+,24-,27-,28+;/m1./s1. The van der Waals surface area contributed by atoms with E-state index in [0.717, 1.165) is 17.5 Å². The lowest BCUT2D eigenvalue weighted by Crippen LogP contribution is -2.42. The van der Waals surface area contributed by atoms with Crippen LogP contribution in [0.2, 0.25) is 0 Å². The SMILES string of the molecule is CCC(=O)N[C@H]1C[C@@H](n2cnc3c(NCC(c4ccc(O)cc4)c4ccc(O)cc4)nc(N4CC[C@@H](N)C4)nc32)[C@H](O)[C@@H]1O.Cl. The van der Waals surface area contributed by atoms with Crippen LogP contribution in [0.3, 0.4) is 0 Å². The third-order valence-electron chi connectivity index (χ3n) is 8.66. The van der Waals surface area contributed by atoms with E-state index in [9.17, 15) is 25.2 Å². The van der Waals surface area contributed by atoms with E-state index < -0.39 is 24.3 Å². The number of aliphatic hydroxyl groups excluding tert-OH is 2. The van der Waals surface area contributed by atoms with Crippen molar-refractivity contribution >= 4 is 41.2 Å². The molecule has 1 aliphatic carbocycles. The maximum atomic E-state index is 12.1. The Morgan fingerprint density at radius 1 is 1.02 bits per heavy atom. The maximum Gasteiger partial charge on any atom is 0.229 e. The number of phenols is 2. The Bertz CT molecular complexity index is 1570. The highest BCUT2D eigenvalue weighted by molar-refractivity contribution is 5.85. The van der Waals surface area contributed by atoms with Gasteiger partial charge in [0.1, 0.15) is 23.7 Å². The number of hydrogen-bond acceptors (Lipinski definition) is 11. The molecule has 3 heterocycles. The first-order chi connectivity index (χ1) is 21.2. The van der Waals surface area contributed by atoms with E-state index in [2.05, 4.69) is 15.6 Å². The fourth-order valence-electron chi connectivity index (χ4n) is 6.16. The molecule has 0 bridgehead atoms. The number of nitrogens with zero attached hydrogens (tertiary/aromatic N) is 5. The third-order valence-corrected chi connectivity index (χ3v) is 8.66. The molecule has 0 unspecified atom stereocenters. The summed E-state index contributed by atoms with van der Waals surface area (Å²) in [6.07, 6.45) is 0.695. The van der Waals surface area contributed by atoms with Gasteiger partial charge in [-0.05, 0) is 48.2 Å². The summed E-state index contributed by atoms with van der Waals surface area (Å²) in [6, 6.07) is 12.8. The monoisotopic (exact) mass is 638 g/mol. The molecule has 2 fully saturated rings. The molecule has 1 saturated carbocycles. The average molecular weight is 639 g/mol. The van der Waals surface area contributed by atoms with Crippen molar-refractivity contribution in [2.75, 3.05) is 29.9 Å². The summed E-state index contributed by atoms with van der Waals surface area (Å²) >= 11 is 0. The lowest BCUT2D eigenvalue weighted by Gasteiger charge is -2.22. The van der Waals surface area contributed by atoms with Crippen molar-refractivity contribution in [2.24, 2.45) is 5.73 Å². The molecule has 45 heavy (non-hydrogen) atoms. The second-order valence-corrected chi connectivity index (χ2v) is 11.6. The topological polar surface area (TPSA) is 195 Å². The number of rotatable bonds is 9. The lowest BCUT2D eigenvalue weighted by atomic mass is 9.91. The molecule has 1 amide bonds. The van der Waals surface area contributed by atoms with Crippen LogP contribution in [-0.4, -0.2) is 89.8 Å². The second kappa shape index (κ2) is 13.4. The van der Waals surface area contributed by atoms with E-state index in [0.29, 0.717) is 49.0 Å². The van der Waals surface area contributed by atoms with E-state index in [1.807, 2.05) is 29.2 Å². The van der Waals surface area contributed by atoms with Gasteiger partial charge in [-0.15, -0.1) is 12.4 Å². The molecule has 0 spiro atoms. The number of nitrogens with two attached hydrogens (primary N) is 1. The summed E-state index contributed by atoms with van der Waals surface area (Å²) in [7, 11) is 0. The van der Waals surface area contributed by atoms with Crippen LogP contribution in [-0.2, 0) is 4.79 Å². The molecule has 2 aliphatic rings. The van der Waals surface area contributed by atoms with Gasteiger partial charge >= 0.3 is 0 Å². The van der Waals surface area contributed by atoms with Gasteiger partial charge in [0, 0.05) is 38.0 Å². The normalized spacial score (nSPS) is 23.0. The van der Waals surface area contributed by atoms with Crippen LogP contribution in [0.15, 0.2) is 54.9 Å². The van der Waals surface area contributed by atoms with Crippen molar-refractivity contribution in [1.29, 1.82) is 0 Å². The van der Waals surface area contributed by atoms with Gasteiger partial charge in [-0.1, -0.05) is 31.2 Å². The zero-order chi connectivity index (χ0) is 31.0. The van der Waals surface area contributed by atoms with Gasteiger partial charge in [-0.2, -0.15) is 9.97 Å². The van der Waals surface area contributed by atoms with Crippen molar-refractivity contribution in [3.05, 3.63) is 66.0 Å². The highest BCUT2D eigenvalue weighted by Crippen LogP contribution is 2.36. The fraction of sp³-hybridized carbons (Fsp3) is 0.419. The van der Waals surface area contributed by atoms with Crippen LogP contribution >= 0.6 is 12.4 Å². The van der Waals surface area contributed by atoms with Crippen LogP contribution in [0.4, 0.5) is 11.8 Å². The predicted octanol–water partition coefficient (Wildman–Crippen LogP) is 2.00. The molecule has 2 aromatic heterocycles. The zero-order valence-corrected chi connectivity index (χ0v) is 25.6. The van der Waals surface area contributed by atoms with Crippen LogP contribution < -0.4 is 21.3 Å². The molecule has 1 saturated heterocycles. The molecular formula is C31H39ClN8O5. The van der Waals surface area contributed by atoms with E-state index in [1.165, 1.54) is 0 Å². The number of anilines is 2. The molecule has 13 nitrogen and oxygen atoms in total. The zero-order valence-electron chi connectivity index (χ0n) is 24.8. The second-order valence-electron chi connectivity index (χ2n) is 11.6. The lowest BCUT2D eigenvalue weighted by molar-refractivity contribution is -0.122. The number of halogens is 1. The van der Waals surface area contributed by atoms with Crippen molar-refractivity contribution in [1.82, 2.24) is 24.8 Å². The van der Waals surface area contributed by atoms with Gasteiger partial charge < -0.3 is 46.3 Å². The molecule has 5 atom stereocenters. The Labute approximate surface area is 266 Å². The van der Waals surface area contributed by atoms with Gasteiger partial charge in [-0.25, -0.2) is 4.98 Å². The summed E-state index contributed by atoms with van der Waals surface area (Å²) in [4.78, 5) is 28.5. The minimum atomic E-state index is -1.14.